The van der Waals surface area contributed by atoms with Gasteiger partial charge in [-0.2, -0.15) is 0 Å². The Kier molecular flexibility index (Phi) is 1410. The quantitative estimate of drug-likeness (QED) is 0.377. The summed E-state index contributed by atoms with van der Waals surface area (Å²) in [6.45, 7) is 9.50. The summed E-state index contributed by atoms with van der Waals surface area (Å²) >= 11 is 0. The van der Waals surface area contributed by atoms with Crippen molar-refractivity contribution in [2.24, 2.45) is 0 Å². The van der Waals surface area contributed by atoms with Gasteiger partial charge in [0.05, 0.1) is 0 Å². The van der Waals surface area contributed by atoms with Gasteiger partial charge in [0.25, 0.3) is 0 Å². The Labute approximate surface area is 47.1 Å². The molecule has 3 nitrogen and oxygen atoms in total. The fourth-order valence-corrected chi connectivity index (χ4v) is 0. The molecule has 0 rings (SSSR count). The van der Waals surface area contributed by atoms with Crippen LogP contribution in [0, 0.1) is 23.7 Å². The Morgan fingerprint density at radius 2 is 0.833 bits per heavy atom. The van der Waals surface area contributed by atoms with Gasteiger partial charge in [0.1, 0.15) is 0 Å². The SMILES string of the molecule is N.[C-]#N.[C-]#N.[Ni+2]. The molecule has 0 saturated carbocycles. The van der Waals surface area contributed by atoms with Crippen molar-refractivity contribution in [1.29, 1.82) is 10.5 Å². The van der Waals surface area contributed by atoms with Crippen LogP contribution in [0.15, 0.2) is 0 Å². The van der Waals surface area contributed by atoms with E-state index in [9.17, 15) is 0 Å². The smallest absolute Gasteiger partial charge is 0.512 e. The van der Waals surface area contributed by atoms with Gasteiger partial charge in [-0.15, -0.1) is 0 Å². The molecule has 0 aliphatic rings. The molecule has 0 radical (unpaired) electrons. The Morgan fingerprint density at radius 1 is 0.833 bits per heavy atom. The van der Waals surface area contributed by atoms with E-state index < -0.39 is 0 Å². The van der Waals surface area contributed by atoms with Crippen molar-refractivity contribution < 1.29 is 16.5 Å². The van der Waals surface area contributed by atoms with E-state index in [1.54, 1.807) is 0 Å². The summed E-state index contributed by atoms with van der Waals surface area (Å²) in [6, 6.07) is 0. The third-order valence-electron chi connectivity index (χ3n) is 0. The van der Waals surface area contributed by atoms with Crippen LogP contribution in [0.2, 0.25) is 0 Å². The molecule has 0 aliphatic carbocycles. The minimum Gasteiger partial charge on any atom is -0.512 e. The van der Waals surface area contributed by atoms with Crippen LogP contribution in [0.25, 0.3) is 0 Å². The predicted octanol–water partition coefficient (Wildman–Crippen LogP) is 0.352. The van der Waals surface area contributed by atoms with Gasteiger partial charge in [0.15, 0.2) is 0 Å². The number of rotatable bonds is 0. The van der Waals surface area contributed by atoms with Crippen LogP contribution in [0.3, 0.4) is 0 Å². The third-order valence-corrected chi connectivity index (χ3v) is 0. The molecule has 0 atom stereocenters. The molecule has 0 aromatic carbocycles. The van der Waals surface area contributed by atoms with E-state index in [0.29, 0.717) is 0 Å². The van der Waals surface area contributed by atoms with Crippen LogP contribution in [-0.4, -0.2) is 0 Å². The molecule has 4 heteroatoms. The second kappa shape index (κ2) is 163. The second-order valence-electron chi connectivity index (χ2n) is 0. The molecule has 36 valence electrons. The van der Waals surface area contributed by atoms with Gasteiger partial charge >= 0.3 is 16.5 Å². The normalized spacial score (nSPS) is 0.667. The molecule has 0 amide bonds. The molecule has 0 aromatic rings. The first-order valence-electron chi connectivity index (χ1n) is 0.447. The van der Waals surface area contributed by atoms with Gasteiger partial charge in [-0.3, -0.25) is 0 Å². The van der Waals surface area contributed by atoms with E-state index in [1.807, 2.05) is 0 Å². The molecule has 6 heavy (non-hydrogen) atoms. The van der Waals surface area contributed by atoms with Crippen molar-refractivity contribution in [1.82, 2.24) is 6.15 Å². The Hall–Kier alpha value is -0.566. The monoisotopic (exact) mass is 127 g/mol. The van der Waals surface area contributed by atoms with Gasteiger partial charge in [-0.25, -0.2) is 0 Å². The van der Waals surface area contributed by atoms with Crippen LogP contribution in [-0.2, 0) is 16.5 Å². The summed E-state index contributed by atoms with van der Waals surface area (Å²) in [5.74, 6) is 0. The van der Waals surface area contributed by atoms with Gasteiger partial charge in [0.2, 0.25) is 0 Å². The van der Waals surface area contributed by atoms with Gasteiger partial charge in [-0.05, 0) is 0 Å². The van der Waals surface area contributed by atoms with E-state index in [0.717, 1.165) is 0 Å². The second-order valence-corrected chi connectivity index (χ2v) is 0. The maximum atomic E-state index is 6.25. The van der Waals surface area contributed by atoms with Crippen molar-refractivity contribution in [3.05, 3.63) is 13.1 Å². The summed E-state index contributed by atoms with van der Waals surface area (Å²) in [4.78, 5) is 0. The molecule has 0 aromatic heterocycles. The van der Waals surface area contributed by atoms with Crippen LogP contribution in [0.5, 0.6) is 0 Å². The molecule has 0 spiro atoms. The first kappa shape index (κ1) is 52.0. The summed E-state index contributed by atoms with van der Waals surface area (Å²) < 4.78 is 0. The zero-order chi connectivity index (χ0) is 4.00. The van der Waals surface area contributed by atoms with Crippen molar-refractivity contribution in [2.45, 2.75) is 0 Å². The van der Waals surface area contributed by atoms with E-state index in [1.165, 1.54) is 0 Å². The Morgan fingerprint density at radius 3 is 0.833 bits per heavy atom. The minimum absolute atomic E-state index is 0. The largest absolute Gasteiger partial charge is 2.00 e. The fourth-order valence-electron chi connectivity index (χ4n) is 0. The Bertz CT molecular complexity index is 24.3. The van der Waals surface area contributed by atoms with Crippen molar-refractivity contribution >= 4 is 0 Å². The maximum absolute atomic E-state index is 6.25. The predicted molar refractivity (Wildman–Crippen MR) is 15.0 cm³/mol. The zero-order valence-corrected chi connectivity index (χ0v) is 3.91. The standard InChI is InChI=1S/2CN.H3N.Ni/c2*1-2;;/h;;1H3;/q2*-1;;+2. The zero-order valence-electron chi connectivity index (χ0n) is 2.92. The average molecular weight is 128 g/mol. The number of nitrogens with zero attached hydrogens (tertiary/aromatic N) is 2. The number of hydrogen-bond acceptors (Lipinski definition) is 3. The molecule has 0 heterocycles. The third kappa shape index (κ3) is 63.4. The van der Waals surface area contributed by atoms with E-state index in [2.05, 4.69) is 0 Å². The van der Waals surface area contributed by atoms with Gasteiger partial charge < -0.3 is 29.8 Å². The molecule has 0 saturated heterocycles. The van der Waals surface area contributed by atoms with Crippen molar-refractivity contribution in [3.8, 4) is 0 Å². The average Bonchev–Trinajstić information content (AvgIpc) is 1.50. The molecule has 0 unspecified atom stereocenters. The van der Waals surface area contributed by atoms with E-state index in [4.69, 9.17) is 23.7 Å². The first-order chi connectivity index (χ1) is 2.00. The van der Waals surface area contributed by atoms with E-state index in [-0.39, 0.29) is 22.6 Å². The Balaban J connectivity index is -0.00000000500. The molecule has 0 fully saturated rings. The van der Waals surface area contributed by atoms with Crippen molar-refractivity contribution in [2.75, 3.05) is 0 Å². The van der Waals surface area contributed by atoms with E-state index >= 15 is 0 Å². The molecular formula is C2H3N3Ni. The summed E-state index contributed by atoms with van der Waals surface area (Å²) in [6.07, 6.45) is 0. The maximum Gasteiger partial charge on any atom is 2.00 e. The van der Waals surface area contributed by atoms with Crippen LogP contribution >= 0.6 is 0 Å². The summed E-state index contributed by atoms with van der Waals surface area (Å²) in [5.41, 5.74) is 0. The summed E-state index contributed by atoms with van der Waals surface area (Å²) in [5, 5.41) is 12.5. The molecule has 0 bridgehead atoms. The van der Waals surface area contributed by atoms with Crippen molar-refractivity contribution in [3.63, 3.8) is 0 Å². The first-order valence-corrected chi connectivity index (χ1v) is 0.447. The van der Waals surface area contributed by atoms with Crippen LogP contribution < -0.4 is 6.15 Å². The van der Waals surface area contributed by atoms with Gasteiger partial charge in [0, 0.05) is 0 Å². The number of hydrogen-bond donors (Lipinski definition) is 1. The fraction of sp³-hybridized carbons (Fsp3) is 0. The van der Waals surface area contributed by atoms with Gasteiger partial charge in [-0.1, -0.05) is 0 Å². The van der Waals surface area contributed by atoms with Crippen LogP contribution in [0.1, 0.15) is 0 Å². The molecule has 0 aliphatic heterocycles. The minimum atomic E-state index is 0. The topological polar surface area (TPSA) is 82.6 Å². The van der Waals surface area contributed by atoms with Crippen LogP contribution in [0.4, 0.5) is 0 Å². The molecule has 3 N–H and O–H groups in total. The molecular weight excluding hydrogens is 125 g/mol. The summed E-state index contributed by atoms with van der Waals surface area (Å²) in [7, 11) is 0.